The molecular formula is C15H10ClF3OS. The Kier molecular flexibility index (Phi) is 3.67. The molecule has 0 radical (unpaired) electrons. The quantitative estimate of drug-likeness (QED) is 0.725. The van der Waals surface area contributed by atoms with Crippen molar-refractivity contribution in [2.75, 3.05) is 0 Å². The number of hydrogen-bond donors (Lipinski definition) is 1. The van der Waals surface area contributed by atoms with Gasteiger partial charge in [0.1, 0.15) is 0 Å². The van der Waals surface area contributed by atoms with E-state index in [-0.39, 0.29) is 6.42 Å². The van der Waals surface area contributed by atoms with E-state index in [4.69, 9.17) is 11.6 Å². The highest BCUT2D eigenvalue weighted by atomic mass is 35.5. The van der Waals surface area contributed by atoms with Crippen LogP contribution in [0.15, 0.2) is 46.2 Å². The van der Waals surface area contributed by atoms with Crippen LogP contribution >= 0.6 is 23.4 Å². The normalized spacial score (nSPS) is 17.9. The van der Waals surface area contributed by atoms with Gasteiger partial charge in [-0.1, -0.05) is 29.4 Å². The zero-order chi connectivity index (χ0) is 15.2. The van der Waals surface area contributed by atoms with Gasteiger partial charge in [-0.3, -0.25) is 0 Å². The maximum absolute atomic E-state index is 12.8. The van der Waals surface area contributed by atoms with Gasteiger partial charge in [0.15, 0.2) is 0 Å². The minimum absolute atomic E-state index is 0.205. The Balaban J connectivity index is 2.11. The van der Waals surface area contributed by atoms with Crippen LogP contribution in [0.5, 0.6) is 0 Å². The molecule has 1 unspecified atom stereocenters. The molecule has 0 aliphatic carbocycles. The number of alkyl halides is 3. The number of halogens is 4. The van der Waals surface area contributed by atoms with Gasteiger partial charge < -0.3 is 5.11 Å². The minimum Gasteiger partial charge on any atom is -0.388 e. The summed E-state index contributed by atoms with van der Waals surface area (Å²) in [5.41, 5.74) is 0.307. The summed E-state index contributed by atoms with van der Waals surface area (Å²) in [6.45, 7) is 0. The summed E-state index contributed by atoms with van der Waals surface area (Å²) in [4.78, 5) is 1.48. The first-order valence-corrected chi connectivity index (χ1v) is 7.40. The zero-order valence-electron chi connectivity index (χ0n) is 10.6. The third kappa shape index (κ3) is 2.78. The van der Waals surface area contributed by atoms with Crippen LogP contribution in [-0.2, 0) is 12.6 Å². The molecule has 21 heavy (non-hydrogen) atoms. The Morgan fingerprint density at radius 3 is 2.62 bits per heavy atom. The minimum atomic E-state index is -4.42. The van der Waals surface area contributed by atoms with Crippen molar-refractivity contribution in [3.05, 3.63) is 58.1 Å². The van der Waals surface area contributed by atoms with E-state index in [1.165, 1.54) is 17.8 Å². The lowest BCUT2D eigenvalue weighted by molar-refractivity contribution is -0.137. The number of aliphatic hydroxyl groups excluding tert-OH is 1. The Labute approximate surface area is 128 Å². The fraction of sp³-hybridized carbons (Fsp3) is 0.200. The molecule has 1 N–H and O–H groups in total. The van der Waals surface area contributed by atoms with E-state index >= 15 is 0 Å². The molecule has 0 saturated heterocycles. The molecule has 1 aliphatic heterocycles. The SMILES string of the molecule is OC1Cc2c(Cl)cccc2Sc2ccc(C(F)(F)F)cc21. The van der Waals surface area contributed by atoms with Crippen LogP contribution in [0, 0.1) is 0 Å². The highest BCUT2D eigenvalue weighted by Crippen LogP contribution is 2.44. The third-order valence-electron chi connectivity index (χ3n) is 3.39. The molecule has 0 fully saturated rings. The number of rotatable bonds is 0. The molecule has 2 aromatic rings. The molecule has 1 nitrogen and oxygen atoms in total. The van der Waals surface area contributed by atoms with Crippen LogP contribution in [0.3, 0.4) is 0 Å². The van der Waals surface area contributed by atoms with E-state index in [2.05, 4.69) is 0 Å². The molecule has 1 atom stereocenters. The second-order valence-electron chi connectivity index (χ2n) is 4.79. The topological polar surface area (TPSA) is 20.2 Å². The molecule has 0 spiro atoms. The molecule has 0 amide bonds. The van der Waals surface area contributed by atoms with Gasteiger partial charge in [0.05, 0.1) is 11.7 Å². The van der Waals surface area contributed by atoms with E-state index in [1.807, 2.05) is 6.07 Å². The molecular weight excluding hydrogens is 321 g/mol. The van der Waals surface area contributed by atoms with Crippen molar-refractivity contribution in [3.8, 4) is 0 Å². The first-order valence-electron chi connectivity index (χ1n) is 6.20. The first-order chi connectivity index (χ1) is 9.86. The summed E-state index contributed by atoms with van der Waals surface area (Å²) in [6, 6.07) is 8.81. The van der Waals surface area contributed by atoms with Crippen LogP contribution in [0.1, 0.15) is 22.8 Å². The van der Waals surface area contributed by atoms with Gasteiger partial charge >= 0.3 is 6.18 Å². The number of benzene rings is 2. The summed E-state index contributed by atoms with van der Waals surface area (Å²) in [5.74, 6) is 0. The lowest BCUT2D eigenvalue weighted by atomic mass is 9.99. The van der Waals surface area contributed by atoms with E-state index < -0.39 is 17.8 Å². The molecule has 3 rings (SSSR count). The van der Waals surface area contributed by atoms with E-state index in [0.29, 0.717) is 15.5 Å². The molecule has 1 heterocycles. The molecule has 0 bridgehead atoms. The highest BCUT2D eigenvalue weighted by Gasteiger charge is 2.32. The summed E-state index contributed by atoms with van der Waals surface area (Å²) in [5, 5.41) is 10.8. The van der Waals surface area contributed by atoms with Gasteiger partial charge in [0.2, 0.25) is 0 Å². The summed E-state index contributed by atoms with van der Waals surface area (Å²) >= 11 is 7.45. The van der Waals surface area contributed by atoms with Crippen LogP contribution in [0.4, 0.5) is 13.2 Å². The van der Waals surface area contributed by atoms with E-state index in [1.54, 1.807) is 12.1 Å². The molecule has 2 aromatic carbocycles. The van der Waals surface area contributed by atoms with Gasteiger partial charge in [0, 0.05) is 21.2 Å². The fourth-order valence-corrected chi connectivity index (χ4v) is 3.79. The van der Waals surface area contributed by atoms with Gasteiger partial charge in [-0.05, 0) is 41.5 Å². The summed E-state index contributed by atoms with van der Waals surface area (Å²) in [6.07, 6.45) is -5.22. The predicted octanol–water partition coefficient (Wildman–Crippen LogP) is 5.10. The molecule has 110 valence electrons. The molecule has 0 saturated carbocycles. The Bertz CT molecular complexity index is 700. The standard InChI is InChI=1S/C15H10ClF3OS/c16-11-2-1-3-13-9(11)7-12(20)10-6-8(15(17,18)19)4-5-14(10)21-13/h1-6,12,20H,7H2. The average molecular weight is 331 g/mol. The van der Waals surface area contributed by atoms with Crippen LogP contribution in [0.2, 0.25) is 5.02 Å². The summed E-state index contributed by atoms with van der Waals surface area (Å²) < 4.78 is 38.4. The van der Waals surface area contributed by atoms with Crippen molar-refractivity contribution >= 4 is 23.4 Å². The van der Waals surface area contributed by atoms with Gasteiger partial charge in [-0.15, -0.1) is 0 Å². The summed E-state index contributed by atoms with van der Waals surface area (Å²) in [7, 11) is 0. The maximum Gasteiger partial charge on any atom is 0.416 e. The zero-order valence-corrected chi connectivity index (χ0v) is 12.2. The monoisotopic (exact) mass is 330 g/mol. The highest BCUT2D eigenvalue weighted by molar-refractivity contribution is 7.99. The number of hydrogen-bond acceptors (Lipinski definition) is 2. The Hall–Kier alpha value is -1.17. The van der Waals surface area contributed by atoms with Gasteiger partial charge in [-0.25, -0.2) is 0 Å². The number of aliphatic hydroxyl groups is 1. The van der Waals surface area contributed by atoms with Crippen LogP contribution in [0.25, 0.3) is 0 Å². The second kappa shape index (κ2) is 5.23. The lowest BCUT2D eigenvalue weighted by Gasteiger charge is -2.14. The average Bonchev–Trinajstić information content (AvgIpc) is 2.55. The lowest BCUT2D eigenvalue weighted by Crippen LogP contribution is -2.08. The molecule has 1 aliphatic rings. The Morgan fingerprint density at radius 1 is 1.14 bits per heavy atom. The van der Waals surface area contributed by atoms with Crippen LogP contribution in [-0.4, -0.2) is 5.11 Å². The van der Waals surface area contributed by atoms with Crippen molar-refractivity contribution in [3.63, 3.8) is 0 Å². The maximum atomic E-state index is 12.8. The van der Waals surface area contributed by atoms with Crippen LogP contribution < -0.4 is 0 Å². The van der Waals surface area contributed by atoms with Gasteiger partial charge in [-0.2, -0.15) is 13.2 Å². The van der Waals surface area contributed by atoms with Crippen molar-refractivity contribution in [1.82, 2.24) is 0 Å². The smallest absolute Gasteiger partial charge is 0.388 e. The predicted molar refractivity (Wildman–Crippen MR) is 75.7 cm³/mol. The van der Waals surface area contributed by atoms with E-state index in [0.717, 1.165) is 22.6 Å². The molecule has 6 heteroatoms. The molecule has 0 aromatic heterocycles. The van der Waals surface area contributed by atoms with Crippen molar-refractivity contribution in [1.29, 1.82) is 0 Å². The van der Waals surface area contributed by atoms with Crippen molar-refractivity contribution in [2.24, 2.45) is 0 Å². The largest absolute Gasteiger partial charge is 0.416 e. The van der Waals surface area contributed by atoms with Crippen molar-refractivity contribution in [2.45, 2.75) is 28.5 Å². The fourth-order valence-electron chi connectivity index (χ4n) is 2.33. The van der Waals surface area contributed by atoms with E-state index in [9.17, 15) is 18.3 Å². The second-order valence-corrected chi connectivity index (χ2v) is 6.28. The first kappa shape index (κ1) is 14.8. The Morgan fingerprint density at radius 2 is 1.90 bits per heavy atom. The number of fused-ring (bicyclic) bond motifs is 2. The third-order valence-corrected chi connectivity index (χ3v) is 4.94. The van der Waals surface area contributed by atoms with Crippen molar-refractivity contribution < 1.29 is 18.3 Å². The van der Waals surface area contributed by atoms with Gasteiger partial charge in [0.25, 0.3) is 0 Å².